The number of rotatable bonds is 4. The van der Waals surface area contributed by atoms with E-state index in [9.17, 15) is 9.59 Å². The molecule has 0 radical (unpaired) electrons. The van der Waals surface area contributed by atoms with Gasteiger partial charge in [-0.15, -0.1) is 0 Å². The van der Waals surface area contributed by atoms with E-state index >= 15 is 0 Å². The van der Waals surface area contributed by atoms with Gasteiger partial charge in [-0.1, -0.05) is 11.3 Å². The molecule has 0 aliphatic rings. The van der Waals surface area contributed by atoms with Crippen LogP contribution in [0.2, 0.25) is 0 Å². The molecule has 0 spiro atoms. The van der Waals surface area contributed by atoms with Gasteiger partial charge in [0.25, 0.3) is 0 Å². The van der Waals surface area contributed by atoms with Crippen LogP contribution in [0.3, 0.4) is 0 Å². The number of hydrogen-bond acceptors (Lipinski definition) is 4. The summed E-state index contributed by atoms with van der Waals surface area (Å²) in [5.74, 6) is -0.264. The Kier molecular flexibility index (Phi) is 4.05. The summed E-state index contributed by atoms with van der Waals surface area (Å²) in [5.41, 5.74) is 0.775. The molecular weight excluding hydrogens is 216 g/mol. The lowest BCUT2D eigenvalue weighted by atomic mass is 10.4. The van der Waals surface area contributed by atoms with Crippen LogP contribution in [0, 0.1) is 6.92 Å². The van der Waals surface area contributed by atoms with Gasteiger partial charge in [0.2, 0.25) is 5.91 Å². The van der Waals surface area contributed by atoms with Gasteiger partial charge in [-0.05, 0) is 13.8 Å². The summed E-state index contributed by atoms with van der Waals surface area (Å²) >= 11 is 1.08. The third-order valence-electron chi connectivity index (χ3n) is 1.87. The molecule has 0 bridgehead atoms. The Morgan fingerprint density at radius 2 is 2.40 bits per heavy atom. The minimum atomic E-state index is -0.575. The Labute approximate surface area is 91.4 Å². The van der Waals surface area contributed by atoms with Gasteiger partial charge in [0, 0.05) is 17.6 Å². The minimum absolute atomic E-state index is 0.0148. The Bertz CT molecular complexity index is 394. The Morgan fingerprint density at radius 3 is 2.87 bits per heavy atom. The molecule has 1 unspecified atom stereocenters. The first-order chi connectivity index (χ1) is 7.00. The van der Waals surface area contributed by atoms with E-state index in [1.54, 1.807) is 19.2 Å². The molecule has 1 heterocycles. The molecule has 5 nitrogen and oxygen atoms in total. The van der Waals surface area contributed by atoms with Gasteiger partial charge in [-0.2, -0.15) is 0 Å². The van der Waals surface area contributed by atoms with Gasteiger partial charge in [-0.25, -0.2) is 0 Å². The number of carbonyl (C=O) groups is 1. The van der Waals surface area contributed by atoms with E-state index in [1.165, 1.54) is 4.57 Å². The standard InChI is InChI=1S/C9H14N2O3S/c1-6-5-15-9(14)11(6)4-8(13)10-3-7(2)12/h5,7,12H,3-4H2,1-2H3,(H,10,13). The molecule has 0 aromatic carbocycles. The molecule has 2 N–H and O–H groups in total. The number of aromatic nitrogens is 1. The van der Waals surface area contributed by atoms with E-state index in [0.717, 1.165) is 17.0 Å². The van der Waals surface area contributed by atoms with Crippen LogP contribution in [0.25, 0.3) is 0 Å². The summed E-state index contributed by atoms with van der Waals surface area (Å²) in [6, 6.07) is 0. The second-order valence-corrected chi connectivity index (χ2v) is 4.20. The van der Waals surface area contributed by atoms with Crippen LogP contribution < -0.4 is 10.2 Å². The predicted molar refractivity (Wildman–Crippen MR) is 58.0 cm³/mol. The number of carbonyl (C=O) groups excluding carboxylic acids is 1. The van der Waals surface area contributed by atoms with Crippen molar-refractivity contribution < 1.29 is 9.90 Å². The van der Waals surface area contributed by atoms with E-state index in [-0.39, 0.29) is 23.9 Å². The number of thiazole rings is 1. The maximum absolute atomic E-state index is 11.3. The average Bonchev–Trinajstić information content (AvgIpc) is 2.46. The molecule has 0 saturated heterocycles. The molecule has 0 aliphatic carbocycles. The van der Waals surface area contributed by atoms with Crippen molar-refractivity contribution in [2.24, 2.45) is 0 Å². The number of aliphatic hydroxyl groups is 1. The second-order valence-electron chi connectivity index (χ2n) is 3.38. The zero-order valence-electron chi connectivity index (χ0n) is 8.69. The highest BCUT2D eigenvalue weighted by Crippen LogP contribution is 1.98. The van der Waals surface area contributed by atoms with Crippen molar-refractivity contribution in [1.82, 2.24) is 9.88 Å². The third kappa shape index (κ3) is 3.49. The molecule has 84 valence electrons. The SMILES string of the molecule is Cc1csc(=O)n1CC(=O)NCC(C)O. The van der Waals surface area contributed by atoms with E-state index in [0.29, 0.717) is 0 Å². The minimum Gasteiger partial charge on any atom is -0.392 e. The summed E-state index contributed by atoms with van der Waals surface area (Å²) in [4.78, 5) is 22.5. The quantitative estimate of drug-likeness (QED) is 0.747. The molecule has 1 aromatic rings. The smallest absolute Gasteiger partial charge is 0.307 e. The van der Waals surface area contributed by atoms with Crippen LogP contribution in [0.5, 0.6) is 0 Å². The highest BCUT2D eigenvalue weighted by Gasteiger charge is 2.08. The number of nitrogens with zero attached hydrogens (tertiary/aromatic N) is 1. The van der Waals surface area contributed by atoms with Gasteiger partial charge in [0.1, 0.15) is 6.54 Å². The number of aryl methyl sites for hydroxylation is 1. The van der Waals surface area contributed by atoms with Crippen LogP contribution >= 0.6 is 11.3 Å². The molecule has 1 aromatic heterocycles. The number of amides is 1. The monoisotopic (exact) mass is 230 g/mol. The van der Waals surface area contributed by atoms with Crippen LogP contribution in [0.1, 0.15) is 12.6 Å². The van der Waals surface area contributed by atoms with Gasteiger partial charge >= 0.3 is 4.87 Å². The predicted octanol–water partition coefficient (Wildman–Crippen LogP) is -0.285. The maximum Gasteiger partial charge on any atom is 0.307 e. The summed E-state index contributed by atoms with van der Waals surface area (Å²) in [6.45, 7) is 3.58. The van der Waals surface area contributed by atoms with E-state index in [4.69, 9.17) is 5.11 Å². The van der Waals surface area contributed by atoms with Gasteiger partial charge in [-0.3, -0.25) is 14.2 Å². The van der Waals surface area contributed by atoms with Crippen LogP contribution in [0.15, 0.2) is 10.2 Å². The normalized spacial score (nSPS) is 12.5. The summed E-state index contributed by atoms with van der Waals surface area (Å²) < 4.78 is 1.40. The van der Waals surface area contributed by atoms with Gasteiger partial charge < -0.3 is 10.4 Å². The number of aliphatic hydroxyl groups excluding tert-OH is 1. The molecule has 1 amide bonds. The fraction of sp³-hybridized carbons (Fsp3) is 0.556. The highest BCUT2D eigenvalue weighted by atomic mass is 32.1. The topological polar surface area (TPSA) is 71.3 Å². The lowest BCUT2D eigenvalue weighted by molar-refractivity contribution is -0.122. The number of hydrogen-bond donors (Lipinski definition) is 2. The van der Waals surface area contributed by atoms with Crippen molar-refractivity contribution in [2.45, 2.75) is 26.5 Å². The molecular formula is C9H14N2O3S. The van der Waals surface area contributed by atoms with Crippen molar-refractivity contribution in [3.8, 4) is 0 Å². The Hall–Kier alpha value is -1.14. The van der Waals surface area contributed by atoms with Crippen molar-refractivity contribution in [3.63, 3.8) is 0 Å². The van der Waals surface area contributed by atoms with Crippen molar-refractivity contribution in [2.75, 3.05) is 6.54 Å². The summed E-state index contributed by atoms with van der Waals surface area (Å²) in [7, 11) is 0. The van der Waals surface area contributed by atoms with Crippen molar-refractivity contribution >= 4 is 17.2 Å². The first-order valence-corrected chi connectivity index (χ1v) is 5.48. The zero-order valence-corrected chi connectivity index (χ0v) is 9.50. The lowest BCUT2D eigenvalue weighted by Crippen LogP contribution is -2.35. The number of nitrogens with one attached hydrogen (secondary N) is 1. The fourth-order valence-corrected chi connectivity index (χ4v) is 1.79. The Morgan fingerprint density at radius 1 is 1.73 bits per heavy atom. The first-order valence-electron chi connectivity index (χ1n) is 4.60. The third-order valence-corrected chi connectivity index (χ3v) is 2.75. The molecule has 1 rings (SSSR count). The first kappa shape index (κ1) is 11.9. The molecule has 15 heavy (non-hydrogen) atoms. The van der Waals surface area contributed by atoms with Gasteiger partial charge in [0.15, 0.2) is 0 Å². The lowest BCUT2D eigenvalue weighted by Gasteiger charge is -2.07. The van der Waals surface area contributed by atoms with Crippen molar-refractivity contribution in [1.29, 1.82) is 0 Å². The largest absolute Gasteiger partial charge is 0.392 e. The molecule has 6 heteroatoms. The van der Waals surface area contributed by atoms with Gasteiger partial charge in [0.05, 0.1) is 6.10 Å². The summed E-state index contributed by atoms with van der Waals surface area (Å²) in [6.07, 6.45) is -0.575. The van der Waals surface area contributed by atoms with Crippen LogP contribution in [-0.4, -0.2) is 28.2 Å². The molecule has 1 atom stereocenters. The van der Waals surface area contributed by atoms with Crippen LogP contribution in [0.4, 0.5) is 0 Å². The average molecular weight is 230 g/mol. The van der Waals surface area contributed by atoms with E-state index in [2.05, 4.69) is 5.32 Å². The fourth-order valence-electron chi connectivity index (χ4n) is 1.06. The molecule has 0 saturated carbocycles. The van der Waals surface area contributed by atoms with E-state index in [1.807, 2.05) is 0 Å². The second kappa shape index (κ2) is 5.09. The summed E-state index contributed by atoms with van der Waals surface area (Å²) in [5, 5.41) is 13.2. The van der Waals surface area contributed by atoms with E-state index < -0.39 is 6.10 Å². The highest BCUT2D eigenvalue weighted by molar-refractivity contribution is 7.07. The van der Waals surface area contributed by atoms with Crippen molar-refractivity contribution in [3.05, 3.63) is 20.7 Å². The molecule has 0 fully saturated rings. The Balaban J connectivity index is 2.55. The molecule has 0 aliphatic heterocycles. The van der Waals surface area contributed by atoms with Crippen LogP contribution in [-0.2, 0) is 11.3 Å². The zero-order chi connectivity index (χ0) is 11.4. The maximum atomic E-state index is 11.3.